The largest absolute Gasteiger partial charge is 0.143 e. The Morgan fingerprint density at radius 1 is 1.36 bits per heavy atom. The standard InChI is InChI=1S/C8H13N2S/c1-2-3-4-5-6-8-7-11-10-9-8/h7H,1-6H2. The molecule has 0 spiro atoms. The molecule has 0 aliphatic heterocycles. The number of aryl methyl sites for hydroxylation is 1. The molecule has 0 bridgehead atoms. The highest BCUT2D eigenvalue weighted by Crippen LogP contribution is 2.05. The van der Waals surface area contributed by atoms with Gasteiger partial charge in [0.1, 0.15) is 0 Å². The topological polar surface area (TPSA) is 25.8 Å². The van der Waals surface area contributed by atoms with Crippen LogP contribution in [0.25, 0.3) is 0 Å². The molecule has 0 amide bonds. The fourth-order valence-electron chi connectivity index (χ4n) is 0.953. The molecule has 0 aliphatic rings. The summed E-state index contributed by atoms with van der Waals surface area (Å²) < 4.78 is 3.80. The van der Waals surface area contributed by atoms with Crippen molar-refractivity contribution >= 4 is 11.5 Å². The van der Waals surface area contributed by atoms with Crippen LogP contribution in [0.3, 0.4) is 0 Å². The Morgan fingerprint density at radius 2 is 2.27 bits per heavy atom. The first kappa shape index (κ1) is 8.65. The molecule has 2 nitrogen and oxygen atoms in total. The molecular weight excluding hydrogens is 156 g/mol. The van der Waals surface area contributed by atoms with Gasteiger partial charge < -0.3 is 0 Å². The van der Waals surface area contributed by atoms with Crippen LogP contribution in [0.4, 0.5) is 0 Å². The highest BCUT2D eigenvalue weighted by atomic mass is 32.1. The molecule has 0 saturated carbocycles. The van der Waals surface area contributed by atoms with Crippen molar-refractivity contribution in [2.24, 2.45) is 0 Å². The van der Waals surface area contributed by atoms with E-state index in [4.69, 9.17) is 0 Å². The van der Waals surface area contributed by atoms with Crippen LogP contribution in [0, 0.1) is 6.92 Å². The molecule has 0 aliphatic carbocycles. The van der Waals surface area contributed by atoms with Gasteiger partial charge in [-0.1, -0.05) is 30.7 Å². The number of rotatable bonds is 5. The normalized spacial score (nSPS) is 10.3. The predicted octanol–water partition coefficient (Wildman–Crippen LogP) is 2.48. The third-order valence-corrected chi connectivity index (χ3v) is 2.14. The molecule has 0 saturated heterocycles. The number of hydrogen-bond acceptors (Lipinski definition) is 3. The Bertz CT molecular complexity index is 172. The zero-order valence-electron chi connectivity index (χ0n) is 6.62. The van der Waals surface area contributed by atoms with Gasteiger partial charge in [-0.2, -0.15) is 0 Å². The third-order valence-electron chi connectivity index (χ3n) is 1.59. The van der Waals surface area contributed by atoms with Crippen LogP contribution in [0.15, 0.2) is 5.38 Å². The first-order chi connectivity index (χ1) is 5.43. The van der Waals surface area contributed by atoms with Crippen LogP contribution in [0.2, 0.25) is 0 Å². The maximum Gasteiger partial charge on any atom is 0.0755 e. The van der Waals surface area contributed by atoms with E-state index >= 15 is 0 Å². The lowest BCUT2D eigenvalue weighted by Crippen LogP contribution is -1.85. The Balaban J connectivity index is 2.04. The zero-order valence-corrected chi connectivity index (χ0v) is 7.44. The molecule has 0 aromatic carbocycles. The summed E-state index contributed by atoms with van der Waals surface area (Å²) in [4.78, 5) is 0. The van der Waals surface area contributed by atoms with E-state index in [0.717, 1.165) is 18.5 Å². The monoisotopic (exact) mass is 169 g/mol. The Labute approximate surface area is 71.8 Å². The van der Waals surface area contributed by atoms with Gasteiger partial charge in [-0.15, -0.1) is 5.10 Å². The Kier molecular flexibility index (Phi) is 4.12. The van der Waals surface area contributed by atoms with E-state index in [9.17, 15) is 0 Å². The van der Waals surface area contributed by atoms with E-state index < -0.39 is 0 Å². The summed E-state index contributed by atoms with van der Waals surface area (Å²) in [6.07, 6.45) is 5.85. The van der Waals surface area contributed by atoms with Crippen molar-refractivity contribution in [2.45, 2.75) is 32.1 Å². The van der Waals surface area contributed by atoms with Crippen LogP contribution >= 0.6 is 11.5 Å². The van der Waals surface area contributed by atoms with Gasteiger partial charge in [-0.3, -0.25) is 0 Å². The zero-order chi connectivity index (χ0) is 7.94. The number of nitrogens with zero attached hydrogens (tertiary/aromatic N) is 2. The van der Waals surface area contributed by atoms with Crippen molar-refractivity contribution in [2.75, 3.05) is 0 Å². The maximum absolute atomic E-state index is 3.97. The summed E-state index contributed by atoms with van der Waals surface area (Å²) in [6, 6.07) is 0. The molecule has 3 heteroatoms. The van der Waals surface area contributed by atoms with E-state index in [0.29, 0.717) is 0 Å². The van der Waals surface area contributed by atoms with Gasteiger partial charge in [-0.25, -0.2) is 0 Å². The minimum Gasteiger partial charge on any atom is -0.143 e. The predicted molar refractivity (Wildman–Crippen MR) is 47.4 cm³/mol. The second kappa shape index (κ2) is 5.24. The van der Waals surface area contributed by atoms with Crippen LogP contribution in [0.1, 0.15) is 31.4 Å². The van der Waals surface area contributed by atoms with Crippen molar-refractivity contribution in [3.8, 4) is 0 Å². The minimum absolute atomic E-state index is 1.05. The summed E-state index contributed by atoms with van der Waals surface area (Å²) in [6.45, 7) is 3.79. The average Bonchev–Trinajstić information content (AvgIpc) is 2.50. The fraction of sp³-hybridized carbons (Fsp3) is 0.625. The van der Waals surface area contributed by atoms with Crippen molar-refractivity contribution < 1.29 is 0 Å². The van der Waals surface area contributed by atoms with E-state index in [1.165, 1.54) is 30.8 Å². The first-order valence-electron chi connectivity index (χ1n) is 3.98. The van der Waals surface area contributed by atoms with Gasteiger partial charge in [-0.05, 0) is 24.4 Å². The van der Waals surface area contributed by atoms with Crippen molar-refractivity contribution in [3.05, 3.63) is 18.0 Å². The van der Waals surface area contributed by atoms with E-state index in [1.54, 1.807) is 0 Å². The van der Waals surface area contributed by atoms with Crippen LogP contribution < -0.4 is 0 Å². The van der Waals surface area contributed by atoms with Gasteiger partial charge in [0.2, 0.25) is 0 Å². The second-order valence-corrected chi connectivity index (χ2v) is 3.17. The van der Waals surface area contributed by atoms with Gasteiger partial charge in [0.15, 0.2) is 0 Å². The molecule has 61 valence electrons. The number of hydrogen-bond donors (Lipinski definition) is 0. The van der Waals surface area contributed by atoms with Crippen LogP contribution in [-0.4, -0.2) is 9.59 Å². The van der Waals surface area contributed by atoms with Crippen LogP contribution in [0.5, 0.6) is 0 Å². The SMILES string of the molecule is [CH2]CCCCCc1csnn1. The smallest absolute Gasteiger partial charge is 0.0755 e. The molecule has 1 rings (SSSR count). The van der Waals surface area contributed by atoms with Crippen LogP contribution in [-0.2, 0) is 6.42 Å². The molecule has 0 unspecified atom stereocenters. The lowest BCUT2D eigenvalue weighted by atomic mass is 10.1. The number of unbranched alkanes of at least 4 members (excludes halogenated alkanes) is 3. The van der Waals surface area contributed by atoms with Gasteiger partial charge in [0.05, 0.1) is 5.69 Å². The molecule has 1 heterocycles. The summed E-state index contributed by atoms with van der Waals surface area (Å²) in [5.74, 6) is 0. The van der Waals surface area contributed by atoms with E-state index in [2.05, 4.69) is 16.5 Å². The summed E-state index contributed by atoms with van der Waals surface area (Å²) >= 11 is 1.43. The fourth-order valence-corrected chi connectivity index (χ4v) is 1.44. The Morgan fingerprint density at radius 3 is 2.91 bits per heavy atom. The molecular formula is C8H13N2S. The molecule has 11 heavy (non-hydrogen) atoms. The van der Waals surface area contributed by atoms with Gasteiger partial charge in [0.25, 0.3) is 0 Å². The van der Waals surface area contributed by atoms with Crippen molar-refractivity contribution in [1.82, 2.24) is 9.59 Å². The number of aromatic nitrogens is 2. The van der Waals surface area contributed by atoms with Gasteiger partial charge >= 0.3 is 0 Å². The van der Waals surface area contributed by atoms with E-state index in [-0.39, 0.29) is 0 Å². The lowest BCUT2D eigenvalue weighted by Gasteiger charge is -1.94. The summed E-state index contributed by atoms with van der Waals surface area (Å²) in [7, 11) is 0. The summed E-state index contributed by atoms with van der Waals surface area (Å²) in [5, 5.41) is 5.98. The quantitative estimate of drug-likeness (QED) is 0.633. The van der Waals surface area contributed by atoms with Crippen molar-refractivity contribution in [3.63, 3.8) is 0 Å². The molecule has 0 fully saturated rings. The third kappa shape index (κ3) is 3.46. The summed E-state index contributed by atoms with van der Waals surface area (Å²) in [5.41, 5.74) is 1.14. The van der Waals surface area contributed by atoms with Crippen molar-refractivity contribution in [1.29, 1.82) is 0 Å². The molecule has 0 atom stereocenters. The average molecular weight is 169 g/mol. The Hall–Kier alpha value is -0.440. The molecule has 1 aromatic heterocycles. The maximum atomic E-state index is 3.97. The highest BCUT2D eigenvalue weighted by Gasteiger charge is 1.94. The lowest BCUT2D eigenvalue weighted by molar-refractivity contribution is 0.677. The van der Waals surface area contributed by atoms with E-state index in [1.807, 2.05) is 5.38 Å². The second-order valence-electron chi connectivity index (χ2n) is 2.56. The molecule has 1 radical (unpaired) electrons. The molecule has 0 N–H and O–H groups in total. The molecule has 1 aromatic rings. The van der Waals surface area contributed by atoms with Gasteiger partial charge in [0, 0.05) is 5.38 Å². The first-order valence-corrected chi connectivity index (χ1v) is 4.82. The minimum atomic E-state index is 1.05. The highest BCUT2D eigenvalue weighted by molar-refractivity contribution is 7.03.